The van der Waals surface area contributed by atoms with Crippen LogP contribution in [0.4, 0.5) is 4.39 Å². The lowest BCUT2D eigenvalue weighted by molar-refractivity contribution is -0.0606. The average Bonchev–Trinajstić information content (AvgIpc) is 2.77. The van der Waals surface area contributed by atoms with E-state index in [4.69, 9.17) is 0 Å². The van der Waals surface area contributed by atoms with Crippen molar-refractivity contribution in [2.75, 3.05) is 26.2 Å². The molecule has 2 N–H and O–H groups in total. The molecule has 0 aliphatic carbocycles. The van der Waals surface area contributed by atoms with Gasteiger partial charge in [0.15, 0.2) is 0 Å². The van der Waals surface area contributed by atoms with Gasteiger partial charge in [-0.05, 0) is 75.2 Å². The van der Waals surface area contributed by atoms with Crippen molar-refractivity contribution < 1.29 is 19.4 Å². The Kier molecular flexibility index (Phi) is 6.85. The summed E-state index contributed by atoms with van der Waals surface area (Å²) in [7, 11) is 0. The molecule has 2 aromatic rings. The van der Waals surface area contributed by atoms with Crippen LogP contribution in [0.2, 0.25) is 0 Å². The first-order valence-electron chi connectivity index (χ1n) is 11.5. The van der Waals surface area contributed by atoms with Gasteiger partial charge in [-0.1, -0.05) is 24.0 Å². The van der Waals surface area contributed by atoms with Gasteiger partial charge in [-0.15, -0.1) is 0 Å². The number of hydrogen-bond donors (Lipinski definition) is 2. The molecule has 4 rings (SSSR count). The molecule has 0 aromatic heterocycles. The lowest BCUT2D eigenvalue weighted by atomic mass is 9.74. The summed E-state index contributed by atoms with van der Waals surface area (Å²) in [6, 6.07) is 13.8. The lowest BCUT2D eigenvalue weighted by Crippen LogP contribution is -2.67. The van der Waals surface area contributed by atoms with Crippen molar-refractivity contribution in [3.05, 3.63) is 71.0 Å². The average molecular weight is 451 g/mol. The summed E-state index contributed by atoms with van der Waals surface area (Å²) in [5.41, 5.74) is 1.38. The molecule has 0 radical (unpaired) electrons. The molecule has 0 spiro atoms. The van der Waals surface area contributed by atoms with Gasteiger partial charge in [0.2, 0.25) is 0 Å². The Hall–Kier alpha value is -2.72. The Balaban J connectivity index is 1.55. The second-order valence-electron chi connectivity index (χ2n) is 9.48. The molecule has 0 saturated carbocycles. The molecule has 0 bridgehead atoms. The Labute approximate surface area is 194 Å². The minimum atomic E-state index is -1.05. The SMILES string of the molecule is CC(C)(O)C#Cc1ccc([C@H]2[C@@H](CO)N3CCCCN(C(=O)c4ccc(F)cc4)C[C@H]23)cc1. The van der Waals surface area contributed by atoms with Crippen LogP contribution in [0.15, 0.2) is 48.5 Å². The van der Waals surface area contributed by atoms with Crippen molar-refractivity contribution in [1.82, 2.24) is 9.80 Å². The summed E-state index contributed by atoms with van der Waals surface area (Å²) >= 11 is 0. The van der Waals surface area contributed by atoms with Gasteiger partial charge in [0.05, 0.1) is 6.61 Å². The lowest BCUT2D eigenvalue weighted by Gasteiger charge is -2.57. The largest absolute Gasteiger partial charge is 0.395 e. The fourth-order valence-corrected chi connectivity index (χ4v) is 4.91. The quantitative estimate of drug-likeness (QED) is 0.706. The summed E-state index contributed by atoms with van der Waals surface area (Å²) < 4.78 is 13.3. The number of halogens is 1. The van der Waals surface area contributed by atoms with Crippen molar-refractivity contribution in [3.8, 4) is 11.8 Å². The third kappa shape index (κ3) is 5.27. The number of hydrogen-bond acceptors (Lipinski definition) is 4. The van der Waals surface area contributed by atoms with E-state index < -0.39 is 5.60 Å². The van der Waals surface area contributed by atoms with Crippen molar-refractivity contribution in [2.24, 2.45) is 0 Å². The fraction of sp³-hybridized carbons (Fsp3) is 0.444. The Morgan fingerprint density at radius 1 is 1.09 bits per heavy atom. The number of nitrogens with zero attached hydrogens (tertiary/aromatic N) is 2. The first-order valence-corrected chi connectivity index (χ1v) is 11.5. The summed E-state index contributed by atoms with van der Waals surface area (Å²) in [6.45, 7) is 5.50. The molecule has 2 fully saturated rings. The molecule has 6 heteroatoms. The van der Waals surface area contributed by atoms with Crippen LogP contribution in [0, 0.1) is 17.7 Å². The van der Waals surface area contributed by atoms with Gasteiger partial charge in [0.25, 0.3) is 5.91 Å². The number of rotatable bonds is 3. The Bertz CT molecular complexity index is 1030. The van der Waals surface area contributed by atoms with Crippen molar-refractivity contribution >= 4 is 5.91 Å². The standard InChI is InChI=1S/C27H31FN2O3/c1-27(2,33)14-13-19-5-7-20(8-6-19)25-23-17-29(15-3-4-16-30(23)24(25)18-31)26(32)21-9-11-22(28)12-10-21/h5-12,23-25,31,33H,3-4,15-18H2,1-2H3/t23-,24-,25-/m1/s1. The molecule has 2 aromatic carbocycles. The van der Waals surface area contributed by atoms with E-state index in [1.54, 1.807) is 13.8 Å². The molecular formula is C27H31FN2O3. The number of fused-ring (bicyclic) bond motifs is 1. The molecule has 2 aliphatic heterocycles. The molecular weight excluding hydrogens is 419 g/mol. The first-order chi connectivity index (χ1) is 15.8. The minimum absolute atomic E-state index is 0.0178. The fourth-order valence-electron chi connectivity index (χ4n) is 4.91. The topological polar surface area (TPSA) is 64.0 Å². The predicted molar refractivity (Wildman–Crippen MR) is 125 cm³/mol. The van der Waals surface area contributed by atoms with Crippen LogP contribution < -0.4 is 0 Å². The van der Waals surface area contributed by atoms with E-state index in [0.29, 0.717) is 18.7 Å². The number of benzene rings is 2. The van der Waals surface area contributed by atoms with Gasteiger partial charge >= 0.3 is 0 Å². The van der Waals surface area contributed by atoms with Gasteiger partial charge in [-0.2, -0.15) is 0 Å². The molecule has 33 heavy (non-hydrogen) atoms. The number of carbonyl (C=O) groups excluding carboxylic acids is 1. The maximum atomic E-state index is 13.3. The predicted octanol–water partition coefficient (Wildman–Crippen LogP) is 3.01. The highest BCUT2D eigenvalue weighted by atomic mass is 19.1. The summed E-state index contributed by atoms with van der Waals surface area (Å²) in [4.78, 5) is 17.3. The second-order valence-corrected chi connectivity index (χ2v) is 9.48. The molecule has 2 aliphatic rings. The maximum Gasteiger partial charge on any atom is 0.253 e. The molecule has 0 unspecified atom stereocenters. The zero-order valence-electron chi connectivity index (χ0n) is 19.2. The van der Waals surface area contributed by atoms with Crippen molar-refractivity contribution in [1.29, 1.82) is 0 Å². The maximum absolute atomic E-state index is 13.3. The summed E-state index contributed by atoms with van der Waals surface area (Å²) in [5.74, 6) is 5.48. The molecule has 2 saturated heterocycles. The Morgan fingerprint density at radius 2 is 1.76 bits per heavy atom. The summed E-state index contributed by atoms with van der Waals surface area (Å²) in [6.07, 6.45) is 1.85. The highest BCUT2D eigenvalue weighted by molar-refractivity contribution is 5.94. The smallest absolute Gasteiger partial charge is 0.253 e. The van der Waals surface area contributed by atoms with Gasteiger partial charge in [0.1, 0.15) is 11.4 Å². The minimum Gasteiger partial charge on any atom is -0.395 e. The normalized spacial score (nSPS) is 23.4. The van der Waals surface area contributed by atoms with Crippen LogP contribution in [0.25, 0.3) is 0 Å². The van der Waals surface area contributed by atoms with E-state index in [9.17, 15) is 19.4 Å². The van der Waals surface area contributed by atoms with Crippen molar-refractivity contribution in [2.45, 2.75) is 50.3 Å². The molecule has 174 valence electrons. The van der Waals surface area contributed by atoms with E-state index in [0.717, 1.165) is 30.5 Å². The first kappa shape index (κ1) is 23.4. The van der Waals surface area contributed by atoms with Crippen LogP contribution in [0.5, 0.6) is 0 Å². The van der Waals surface area contributed by atoms with Gasteiger partial charge < -0.3 is 15.1 Å². The highest BCUT2D eigenvalue weighted by Gasteiger charge is 2.49. The van der Waals surface area contributed by atoms with Crippen LogP contribution >= 0.6 is 0 Å². The Morgan fingerprint density at radius 3 is 2.39 bits per heavy atom. The van der Waals surface area contributed by atoms with E-state index in [1.807, 2.05) is 29.2 Å². The van der Waals surface area contributed by atoms with Gasteiger partial charge in [0, 0.05) is 42.2 Å². The third-order valence-electron chi connectivity index (χ3n) is 6.56. The number of aliphatic hydroxyl groups is 2. The molecule has 3 atom stereocenters. The second kappa shape index (κ2) is 9.64. The highest BCUT2D eigenvalue weighted by Crippen LogP contribution is 2.42. The van der Waals surface area contributed by atoms with Gasteiger partial charge in [-0.25, -0.2) is 4.39 Å². The summed E-state index contributed by atoms with van der Waals surface area (Å²) in [5, 5.41) is 19.9. The van der Waals surface area contributed by atoms with E-state index in [2.05, 4.69) is 16.7 Å². The van der Waals surface area contributed by atoms with E-state index in [-0.39, 0.29) is 36.3 Å². The zero-order chi connectivity index (χ0) is 23.6. The van der Waals surface area contributed by atoms with Crippen LogP contribution in [0.3, 0.4) is 0 Å². The van der Waals surface area contributed by atoms with Crippen LogP contribution in [-0.4, -0.2) is 69.8 Å². The number of amides is 1. The number of carbonyl (C=O) groups is 1. The van der Waals surface area contributed by atoms with E-state index in [1.165, 1.54) is 24.3 Å². The van der Waals surface area contributed by atoms with Crippen LogP contribution in [-0.2, 0) is 0 Å². The van der Waals surface area contributed by atoms with E-state index >= 15 is 0 Å². The monoisotopic (exact) mass is 450 g/mol. The number of aliphatic hydroxyl groups excluding tert-OH is 1. The van der Waals surface area contributed by atoms with Crippen LogP contribution in [0.1, 0.15) is 54.1 Å². The van der Waals surface area contributed by atoms with Crippen molar-refractivity contribution in [3.63, 3.8) is 0 Å². The molecule has 2 heterocycles. The molecule has 1 amide bonds. The third-order valence-corrected chi connectivity index (χ3v) is 6.56. The molecule has 5 nitrogen and oxygen atoms in total. The zero-order valence-corrected chi connectivity index (χ0v) is 19.2. The van der Waals surface area contributed by atoms with Gasteiger partial charge in [-0.3, -0.25) is 9.69 Å².